The standard InChI is InChI=1S/C16H21NO2/c1-4-17(5-2)16(19)13(3)15(18)12-11-14-9-7-6-8-10-14/h6-13H,4-5H2,1-3H3/b12-11+. The minimum atomic E-state index is -0.611. The topological polar surface area (TPSA) is 37.4 Å². The Morgan fingerprint density at radius 3 is 2.26 bits per heavy atom. The Morgan fingerprint density at radius 2 is 1.74 bits per heavy atom. The summed E-state index contributed by atoms with van der Waals surface area (Å²) in [5.41, 5.74) is 0.957. The summed E-state index contributed by atoms with van der Waals surface area (Å²) in [4.78, 5) is 25.7. The number of benzene rings is 1. The van der Waals surface area contributed by atoms with Crippen molar-refractivity contribution in [1.29, 1.82) is 0 Å². The highest BCUT2D eigenvalue weighted by atomic mass is 16.2. The summed E-state index contributed by atoms with van der Waals surface area (Å²) >= 11 is 0. The Kier molecular flexibility index (Phi) is 6.00. The Labute approximate surface area is 114 Å². The average molecular weight is 259 g/mol. The van der Waals surface area contributed by atoms with E-state index in [0.717, 1.165) is 5.56 Å². The normalized spacial score (nSPS) is 12.4. The number of hydrogen-bond acceptors (Lipinski definition) is 2. The van der Waals surface area contributed by atoms with Crippen molar-refractivity contribution >= 4 is 17.8 Å². The third-order valence-electron chi connectivity index (χ3n) is 3.11. The molecule has 0 aliphatic rings. The number of carbonyl (C=O) groups excluding carboxylic acids is 2. The molecule has 102 valence electrons. The summed E-state index contributed by atoms with van der Waals surface area (Å²) < 4.78 is 0. The van der Waals surface area contributed by atoms with Crippen molar-refractivity contribution in [3.05, 3.63) is 42.0 Å². The number of rotatable bonds is 6. The number of amides is 1. The van der Waals surface area contributed by atoms with Crippen LogP contribution in [0, 0.1) is 5.92 Å². The third-order valence-corrected chi connectivity index (χ3v) is 3.11. The molecular weight excluding hydrogens is 238 g/mol. The molecule has 1 amide bonds. The fourth-order valence-corrected chi connectivity index (χ4v) is 1.82. The lowest BCUT2D eigenvalue weighted by atomic mass is 10.0. The van der Waals surface area contributed by atoms with Gasteiger partial charge in [0.25, 0.3) is 0 Å². The maximum absolute atomic E-state index is 12.0. The first-order valence-corrected chi connectivity index (χ1v) is 6.65. The Balaban J connectivity index is 2.68. The van der Waals surface area contributed by atoms with E-state index in [9.17, 15) is 9.59 Å². The number of hydrogen-bond donors (Lipinski definition) is 0. The highest BCUT2D eigenvalue weighted by Gasteiger charge is 2.22. The molecule has 0 radical (unpaired) electrons. The van der Waals surface area contributed by atoms with Gasteiger partial charge in [-0.15, -0.1) is 0 Å². The summed E-state index contributed by atoms with van der Waals surface area (Å²) in [5, 5.41) is 0. The molecule has 0 spiro atoms. The number of nitrogens with zero attached hydrogens (tertiary/aromatic N) is 1. The van der Waals surface area contributed by atoms with Crippen LogP contribution in [0.2, 0.25) is 0 Å². The van der Waals surface area contributed by atoms with Gasteiger partial charge in [-0.05, 0) is 32.4 Å². The minimum Gasteiger partial charge on any atom is -0.343 e. The maximum atomic E-state index is 12.0. The molecule has 1 aromatic carbocycles. The van der Waals surface area contributed by atoms with Crippen molar-refractivity contribution in [1.82, 2.24) is 4.90 Å². The first kappa shape index (κ1) is 15.2. The van der Waals surface area contributed by atoms with Crippen LogP contribution in [0.25, 0.3) is 6.08 Å². The fraction of sp³-hybridized carbons (Fsp3) is 0.375. The van der Waals surface area contributed by atoms with Crippen LogP contribution in [-0.4, -0.2) is 29.7 Å². The van der Waals surface area contributed by atoms with E-state index in [0.29, 0.717) is 13.1 Å². The fourth-order valence-electron chi connectivity index (χ4n) is 1.82. The van der Waals surface area contributed by atoms with Crippen LogP contribution in [0.5, 0.6) is 0 Å². The Morgan fingerprint density at radius 1 is 1.16 bits per heavy atom. The van der Waals surface area contributed by atoms with Gasteiger partial charge in [0.1, 0.15) is 0 Å². The minimum absolute atomic E-state index is 0.104. The lowest BCUT2D eigenvalue weighted by Crippen LogP contribution is -2.37. The van der Waals surface area contributed by atoms with E-state index in [1.807, 2.05) is 44.2 Å². The smallest absolute Gasteiger partial charge is 0.233 e. The molecule has 0 aliphatic carbocycles. The van der Waals surface area contributed by atoms with Crippen LogP contribution < -0.4 is 0 Å². The molecule has 0 aromatic heterocycles. The van der Waals surface area contributed by atoms with Crippen LogP contribution in [0.1, 0.15) is 26.3 Å². The van der Waals surface area contributed by atoms with Gasteiger partial charge in [-0.2, -0.15) is 0 Å². The van der Waals surface area contributed by atoms with Gasteiger partial charge in [-0.25, -0.2) is 0 Å². The molecular formula is C16H21NO2. The molecule has 1 aromatic rings. The molecule has 0 N–H and O–H groups in total. The molecule has 1 rings (SSSR count). The van der Waals surface area contributed by atoms with E-state index in [1.165, 1.54) is 6.08 Å². The molecule has 3 heteroatoms. The summed E-state index contributed by atoms with van der Waals surface area (Å²) in [6, 6.07) is 9.58. The van der Waals surface area contributed by atoms with E-state index < -0.39 is 5.92 Å². The van der Waals surface area contributed by atoms with Gasteiger partial charge in [0.2, 0.25) is 5.91 Å². The zero-order valence-electron chi connectivity index (χ0n) is 11.8. The second kappa shape index (κ2) is 7.52. The molecule has 19 heavy (non-hydrogen) atoms. The second-order valence-corrected chi connectivity index (χ2v) is 4.38. The van der Waals surface area contributed by atoms with Crippen LogP contribution >= 0.6 is 0 Å². The van der Waals surface area contributed by atoms with Crippen LogP contribution in [-0.2, 0) is 9.59 Å². The monoisotopic (exact) mass is 259 g/mol. The molecule has 0 heterocycles. The van der Waals surface area contributed by atoms with Crippen LogP contribution in [0.3, 0.4) is 0 Å². The van der Waals surface area contributed by atoms with Crippen molar-refractivity contribution in [3.8, 4) is 0 Å². The molecule has 1 unspecified atom stereocenters. The van der Waals surface area contributed by atoms with E-state index in [1.54, 1.807) is 17.9 Å². The SMILES string of the molecule is CCN(CC)C(=O)C(C)C(=O)/C=C/c1ccccc1. The largest absolute Gasteiger partial charge is 0.343 e. The average Bonchev–Trinajstić information content (AvgIpc) is 2.46. The lowest BCUT2D eigenvalue weighted by Gasteiger charge is -2.21. The molecule has 0 saturated heterocycles. The van der Waals surface area contributed by atoms with Crippen LogP contribution in [0.15, 0.2) is 36.4 Å². The molecule has 0 bridgehead atoms. The van der Waals surface area contributed by atoms with Gasteiger partial charge in [-0.1, -0.05) is 36.4 Å². The lowest BCUT2D eigenvalue weighted by molar-refractivity contribution is -0.138. The zero-order valence-corrected chi connectivity index (χ0v) is 11.8. The number of ketones is 1. The first-order chi connectivity index (χ1) is 9.10. The van der Waals surface area contributed by atoms with Crippen molar-refractivity contribution in [2.75, 3.05) is 13.1 Å². The van der Waals surface area contributed by atoms with Crippen molar-refractivity contribution in [2.24, 2.45) is 5.92 Å². The predicted octanol–water partition coefficient (Wildman–Crippen LogP) is 2.77. The number of allylic oxidation sites excluding steroid dienone is 1. The quantitative estimate of drug-likeness (QED) is 0.582. The molecule has 3 nitrogen and oxygen atoms in total. The van der Waals surface area contributed by atoms with Crippen molar-refractivity contribution in [2.45, 2.75) is 20.8 Å². The number of carbonyl (C=O) groups is 2. The van der Waals surface area contributed by atoms with E-state index in [2.05, 4.69) is 0 Å². The molecule has 1 atom stereocenters. The van der Waals surface area contributed by atoms with E-state index >= 15 is 0 Å². The predicted molar refractivity (Wildman–Crippen MR) is 77.6 cm³/mol. The summed E-state index contributed by atoms with van der Waals surface area (Å²) in [6.07, 6.45) is 3.23. The molecule has 0 aliphatic heterocycles. The zero-order chi connectivity index (χ0) is 14.3. The summed E-state index contributed by atoms with van der Waals surface area (Å²) in [5.74, 6) is -0.867. The van der Waals surface area contributed by atoms with Gasteiger partial charge in [0.05, 0.1) is 5.92 Å². The van der Waals surface area contributed by atoms with Gasteiger partial charge in [-0.3, -0.25) is 9.59 Å². The van der Waals surface area contributed by atoms with Crippen LogP contribution in [0.4, 0.5) is 0 Å². The van der Waals surface area contributed by atoms with Crippen molar-refractivity contribution in [3.63, 3.8) is 0 Å². The highest BCUT2D eigenvalue weighted by molar-refractivity contribution is 6.07. The van der Waals surface area contributed by atoms with Gasteiger partial charge in [0, 0.05) is 13.1 Å². The summed E-state index contributed by atoms with van der Waals surface area (Å²) in [6.45, 7) is 6.76. The van der Waals surface area contributed by atoms with Gasteiger partial charge >= 0.3 is 0 Å². The third kappa shape index (κ3) is 4.36. The summed E-state index contributed by atoms with van der Waals surface area (Å²) in [7, 11) is 0. The maximum Gasteiger partial charge on any atom is 0.233 e. The molecule has 0 saturated carbocycles. The Hall–Kier alpha value is -1.90. The van der Waals surface area contributed by atoms with Gasteiger partial charge < -0.3 is 4.90 Å². The van der Waals surface area contributed by atoms with E-state index in [4.69, 9.17) is 0 Å². The highest BCUT2D eigenvalue weighted by Crippen LogP contribution is 2.07. The Bertz CT molecular complexity index is 447. The van der Waals surface area contributed by atoms with Gasteiger partial charge in [0.15, 0.2) is 5.78 Å². The first-order valence-electron chi connectivity index (χ1n) is 6.65. The van der Waals surface area contributed by atoms with E-state index in [-0.39, 0.29) is 11.7 Å². The second-order valence-electron chi connectivity index (χ2n) is 4.38. The molecule has 0 fully saturated rings. The van der Waals surface area contributed by atoms with Crippen molar-refractivity contribution < 1.29 is 9.59 Å².